The molecule has 1 fully saturated rings. The fourth-order valence-corrected chi connectivity index (χ4v) is 2.32. The van der Waals surface area contributed by atoms with E-state index in [0.717, 1.165) is 38.8 Å². The number of hydrogen-bond acceptors (Lipinski definition) is 2. The van der Waals surface area contributed by atoms with Gasteiger partial charge in [-0.05, 0) is 19.8 Å². The first-order valence-corrected chi connectivity index (χ1v) is 7.09. The molecule has 1 rings (SSSR count). The number of nitrogens with one attached hydrogen (secondary N) is 1. The first kappa shape index (κ1) is 15.0. The van der Waals surface area contributed by atoms with Crippen molar-refractivity contribution in [3.63, 3.8) is 0 Å². The SMILES string of the molecule is CCCCN(CCCC)C(=O)C1(C)CNC(=O)C1. The van der Waals surface area contributed by atoms with Gasteiger partial charge in [0.2, 0.25) is 11.8 Å². The highest BCUT2D eigenvalue weighted by atomic mass is 16.2. The summed E-state index contributed by atoms with van der Waals surface area (Å²) >= 11 is 0. The Morgan fingerprint density at radius 1 is 1.28 bits per heavy atom. The van der Waals surface area contributed by atoms with Crippen molar-refractivity contribution in [2.45, 2.75) is 52.9 Å². The molecule has 0 aromatic carbocycles. The molecule has 18 heavy (non-hydrogen) atoms. The van der Waals surface area contributed by atoms with E-state index in [4.69, 9.17) is 0 Å². The van der Waals surface area contributed by atoms with Crippen molar-refractivity contribution in [3.05, 3.63) is 0 Å². The summed E-state index contributed by atoms with van der Waals surface area (Å²) in [5.41, 5.74) is -0.529. The first-order valence-electron chi connectivity index (χ1n) is 7.09. The third-order valence-electron chi connectivity index (χ3n) is 3.59. The van der Waals surface area contributed by atoms with Crippen LogP contribution in [0.2, 0.25) is 0 Å². The lowest BCUT2D eigenvalue weighted by atomic mass is 9.87. The van der Waals surface area contributed by atoms with Gasteiger partial charge in [0.1, 0.15) is 0 Å². The molecule has 1 atom stereocenters. The summed E-state index contributed by atoms with van der Waals surface area (Å²) in [5.74, 6) is 0.138. The maximum Gasteiger partial charge on any atom is 0.230 e. The minimum absolute atomic E-state index is 0.00298. The Labute approximate surface area is 110 Å². The van der Waals surface area contributed by atoms with Crippen LogP contribution in [0.3, 0.4) is 0 Å². The fourth-order valence-electron chi connectivity index (χ4n) is 2.32. The number of carbonyl (C=O) groups excluding carboxylic acids is 2. The van der Waals surface area contributed by atoms with E-state index < -0.39 is 5.41 Å². The second-order valence-corrected chi connectivity index (χ2v) is 5.51. The summed E-state index contributed by atoms with van der Waals surface area (Å²) in [4.78, 5) is 25.8. The number of nitrogens with zero attached hydrogens (tertiary/aromatic N) is 1. The van der Waals surface area contributed by atoms with Crippen LogP contribution in [0.15, 0.2) is 0 Å². The van der Waals surface area contributed by atoms with Crippen molar-refractivity contribution >= 4 is 11.8 Å². The molecule has 1 unspecified atom stereocenters. The molecule has 4 nitrogen and oxygen atoms in total. The molecule has 104 valence electrons. The summed E-state index contributed by atoms with van der Waals surface area (Å²) < 4.78 is 0. The molecule has 4 heteroatoms. The van der Waals surface area contributed by atoms with Crippen LogP contribution in [-0.4, -0.2) is 36.3 Å². The number of amides is 2. The highest BCUT2D eigenvalue weighted by Crippen LogP contribution is 2.28. The summed E-state index contributed by atoms with van der Waals surface area (Å²) in [6, 6.07) is 0. The molecule has 1 saturated heterocycles. The van der Waals surface area contributed by atoms with Crippen molar-refractivity contribution in [3.8, 4) is 0 Å². The lowest BCUT2D eigenvalue weighted by Crippen LogP contribution is -2.44. The molecule has 0 radical (unpaired) electrons. The molecule has 0 aromatic heterocycles. The third kappa shape index (κ3) is 3.72. The van der Waals surface area contributed by atoms with Crippen LogP contribution in [0.4, 0.5) is 0 Å². The van der Waals surface area contributed by atoms with Crippen molar-refractivity contribution < 1.29 is 9.59 Å². The maximum absolute atomic E-state index is 12.6. The molecule has 1 heterocycles. The lowest BCUT2D eigenvalue weighted by molar-refractivity contribution is -0.141. The number of rotatable bonds is 7. The average Bonchev–Trinajstić information content (AvgIpc) is 2.70. The predicted octanol–water partition coefficient (Wildman–Crippen LogP) is 1.94. The van der Waals surface area contributed by atoms with E-state index in [1.807, 2.05) is 11.8 Å². The normalized spacial score (nSPS) is 22.9. The second-order valence-electron chi connectivity index (χ2n) is 5.51. The van der Waals surface area contributed by atoms with E-state index >= 15 is 0 Å². The highest BCUT2D eigenvalue weighted by molar-refractivity contribution is 5.92. The molecule has 0 bridgehead atoms. The fraction of sp³-hybridized carbons (Fsp3) is 0.857. The minimum Gasteiger partial charge on any atom is -0.355 e. The Kier molecular flexibility index (Phi) is 5.63. The van der Waals surface area contributed by atoms with Crippen molar-refractivity contribution in [1.29, 1.82) is 0 Å². The zero-order chi connectivity index (χ0) is 13.6. The molecule has 1 aliphatic rings. The molecule has 2 amide bonds. The van der Waals surface area contributed by atoms with Gasteiger partial charge in [0.15, 0.2) is 0 Å². The van der Waals surface area contributed by atoms with Crippen LogP contribution in [0.1, 0.15) is 52.9 Å². The van der Waals surface area contributed by atoms with E-state index in [9.17, 15) is 9.59 Å². The van der Waals surface area contributed by atoms with Gasteiger partial charge in [0.05, 0.1) is 5.41 Å². The molecular formula is C14H26N2O2. The van der Waals surface area contributed by atoms with Gasteiger partial charge in [-0.15, -0.1) is 0 Å². The summed E-state index contributed by atoms with van der Waals surface area (Å²) in [6.07, 6.45) is 4.58. The van der Waals surface area contributed by atoms with Crippen molar-refractivity contribution in [2.75, 3.05) is 19.6 Å². The number of unbranched alkanes of at least 4 members (excludes halogenated alkanes) is 2. The third-order valence-corrected chi connectivity index (χ3v) is 3.59. The topological polar surface area (TPSA) is 49.4 Å². The van der Waals surface area contributed by atoms with Crippen LogP contribution in [0.25, 0.3) is 0 Å². The van der Waals surface area contributed by atoms with Gasteiger partial charge in [-0.2, -0.15) is 0 Å². The van der Waals surface area contributed by atoms with Gasteiger partial charge >= 0.3 is 0 Å². The zero-order valence-electron chi connectivity index (χ0n) is 11.9. The Bertz CT molecular complexity index is 296. The maximum atomic E-state index is 12.6. The van der Waals surface area contributed by atoms with Gasteiger partial charge in [-0.25, -0.2) is 0 Å². The Hall–Kier alpha value is -1.06. The van der Waals surface area contributed by atoms with Gasteiger partial charge in [0.25, 0.3) is 0 Å². The molecule has 0 aromatic rings. The van der Waals surface area contributed by atoms with E-state index in [-0.39, 0.29) is 11.8 Å². The Morgan fingerprint density at radius 2 is 1.83 bits per heavy atom. The van der Waals surface area contributed by atoms with Gasteiger partial charge in [0, 0.05) is 26.1 Å². The predicted molar refractivity (Wildman–Crippen MR) is 72.1 cm³/mol. The average molecular weight is 254 g/mol. The van der Waals surface area contributed by atoms with Crippen LogP contribution in [0.5, 0.6) is 0 Å². The summed E-state index contributed by atoms with van der Waals surface area (Å²) in [5, 5.41) is 2.77. The zero-order valence-corrected chi connectivity index (χ0v) is 11.9. The lowest BCUT2D eigenvalue weighted by Gasteiger charge is -2.30. The molecule has 0 saturated carbocycles. The van der Waals surface area contributed by atoms with E-state index in [0.29, 0.717) is 13.0 Å². The van der Waals surface area contributed by atoms with Gasteiger partial charge in [-0.3, -0.25) is 9.59 Å². The largest absolute Gasteiger partial charge is 0.355 e. The molecule has 1 N–H and O–H groups in total. The monoisotopic (exact) mass is 254 g/mol. The molecular weight excluding hydrogens is 228 g/mol. The molecule has 1 aliphatic heterocycles. The van der Waals surface area contributed by atoms with Gasteiger partial charge < -0.3 is 10.2 Å². The Balaban J connectivity index is 2.65. The van der Waals surface area contributed by atoms with E-state index in [1.165, 1.54) is 0 Å². The number of hydrogen-bond donors (Lipinski definition) is 1. The summed E-state index contributed by atoms with van der Waals surface area (Å²) in [7, 11) is 0. The van der Waals surface area contributed by atoms with Crippen LogP contribution >= 0.6 is 0 Å². The van der Waals surface area contributed by atoms with E-state index in [1.54, 1.807) is 0 Å². The van der Waals surface area contributed by atoms with Crippen molar-refractivity contribution in [1.82, 2.24) is 10.2 Å². The van der Waals surface area contributed by atoms with Gasteiger partial charge in [-0.1, -0.05) is 26.7 Å². The highest BCUT2D eigenvalue weighted by Gasteiger charge is 2.42. The first-order chi connectivity index (χ1) is 8.53. The minimum atomic E-state index is -0.529. The molecule has 0 spiro atoms. The van der Waals surface area contributed by atoms with E-state index in [2.05, 4.69) is 19.2 Å². The summed E-state index contributed by atoms with van der Waals surface area (Å²) in [6.45, 7) is 8.28. The molecule has 0 aliphatic carbocycles. The standard InChI is InChI=1S/C14H26N2O2/c1-4-6-8-16(9-7-5-2)13(18)14(3)10-12(17)15-11-14/h4-11H2,1-3H3,(H,15,17). The number of carbonyl (C=O) groups is 2. The second kappa shape index (κ2) is 6.76. The van der Waals surface area contributed by atoms with Crippen LogP contribution in [0, 0.1) is 5.41 Å². The smallest absolute Gasteiger partial charge is 0.230 e. The Morgan fingerprint density at radius 3 is 2.22 bits per heavy atom. The van der Waals surface area contributed by atoms with Crippen LogP contribution < -0.4 is 5.32 Å². The van der Waals surface area contributed by atoms with Crippen molar-refractivity contribution in [2.24, 2.45) is 5.41 Å². The van der Waals surface area contributed by atoms with Crippen LogP contribution in [-0.2, 0) is 9.59 Å². The quantitative estimate of drug-likeness (QED) is 0.755.